The van der Waals surface area contributed by atoms with Gasteiger partial charge in [0.25, 0.3) is 0 Å². The van der Waals surface area contributed by atoms with Crippen LogP contribution < -0.4 is 15.8 Å². The minimum Gasteiger partial charge on any atom is -0.298 e. The van der Waals surface area contributed by atoms with Gasteiger partial charge in [0.05, 0.1) is 0 Å². The molecule has 0 aromatic heterocycles. The first-order chi connectivity index (χ1) is 10.7. The number of carbonyl (C=O) groups excluding carboxylic acids is 1. The van der Waals surface area contributed by atoms with Crippen LogP contribution >= 0.6 is 11.6 Å². The summed E-state index contributed by atoms with van der Waals surface area (Å²) in [6.07, 6.45) is 3.95. The Morgan fingerprint density at radius 2 is 1.77 bits per heavy atom. The van der Waals surface area contributed by atoms with E-state index in [9.17, 15) is 4.79 Å². The van der Waals surface area contributed by atoms with Crippen LogP contribution in [-0.4, -0.2) is 6.03 Å². The molecule has 22 heavy (non-hydrogen) atoms. The fourth-order valence-corrected chi connectivity index (χ4v) is 2.93. The highest BCUT2D eigenvalue weighted by atomic mass is 35.5. The first-order valence-electron chi connectivity index (χ1n) is 6.95. The Labute approximate surface area is 132 Å². The lowest BCUT2D eigenvalue weighted by Crippen LogP contribution is -3.14. The number of benzene rings is 2. The topological polar surface area (TPSA) is 45.6 Å². The largest absolute Gasteiger partial charge is 0.364 e. The summed E-state index contributed by atoms with van der Waals surface area (Å²) in [7, 11) is 0. The van der Waals surface area contributed by atoms with Crippen molar-refractivity contribution in [3.63, 3.8) is 0 Å². The van der Waals surface area contributed by atoms with Crippen molar-refractivity contribution in [1.82, 2.24) is 10.7 Å². The van der Waals surface area contributed by atoms with Crippen LogP contribution in [0.2, 0.25) is 5.02 Å². The molecule has 3 N–H and O–H groups in total. The van der Waals surface area contributed by atoms with E-state index in [1.54, 1.807) is 0 Å². The smallest absolute Gasteiger partial charge is 0.298 e. The van der Waals surface area contributed by atoms with Crippen molar-refractivity contribution >= 4 is 35.1 Å². The molecule has 0 spiro atoms. The van der Waals surface area contributed by atoms with Crippen LogP contribution in [0.15, 0.2) is 54.7 Å². The number of quaternary nitrogens is 1. The van der Waals surface area contributed by atoms with Gasteiger partial charge in [-0.2, -0.15) is 10.4 Å². The van der Waals surface area contributed by atoms with Gasteiger partial charge in [-0.05, 0) is 23.8 Å². The molecule has 0 fully saturated rings. The third-order valence-electron chi connectivity index (χ3n) is 3.80. The maximum Gasteiger partial charge on any atom is 0.364 e. The third kappa shape index (κ3) is 2.09. The van der Waals surface area contributed by atoms with E-state index in [0.717, 1.165) is 33.1 Å². The average Bonchev–Trinajstić information content (AvgIpc) is 2.54. The molecule has 0 radical (unpaired) electrons. The zero-order chi connectivity index (χ0) is 15.1. The molecule has 2 amide bonds. The van der Waals surface area contributed by atoms with E-state index in [0.29, 0.717) is 5.02 Å². The number of nitrogens with one attached hydrogen (secondary N) is 3. The molecule has 2 heterocycles. The second kappa shape index (κ2) is 5.02. The van der Waals surface area contributed by atoms with Crippen LogP contribution in [0.1, 0.15) is 16.7 Å². The van der Waals surface area contributed by atoms with Gasteiger partial charge in [0.15, 0.2) is 5.70 Å². The first-order valence-corrected chi connectivity index (χ1v) is 7.33. The summed E-state index contributed by atoms with van der Waals surface area (Å²) in [5.74, 6) is 0. The van der Waals surface area contributed by atoms with Crippen molar-refractivity contribution in [2.24, 2.45) is 0 Å². The molecule has 4 rings (SSSR count). The molecule has 4 nitrogen and oxygen atoms in total. The summed E-state index contributed by atoms with van der Waals surface area (Å²) in [4.78, 5) is 11.9. The van der Waals surface area contributed by atoms with E-state index in [1.165, 1.54) is 0 Å². The monoisotopic (exact) mass is 310 g/mol. The quantitative estimate of drug-likeness (QED) is 0.743. The highest BCUT2D eigenvalue weighted by Crippen LogP contribution is 2.27. The normalized spacial score (nSPS) is 19.1. The van der Waals surface area contributed by atoms with E-state index in [2.05, 4.69) is 22.9 Å². The standard InChI is InChI=1S/C17H12ClN3O/c18-13-7-5-12(6-8-13)15-16-14-4-2-1-3-11(14)9-10-21(16)20-17(22)19-15/h1-10H,(H2,19,20,22)/p+1. The van der Waals surface area contributed by atoms with Crippen molar-refractivity contribution < 1.29 is 9.80 Å². The number of halogens is 1. The Kier molecular flexibility index (Phi) is 2.99. The van der Waals surface area contributed by atoms with Crippen molar-refractivity contribution in [3.05, 3.63) is 76.4 Å². The van der Waals surface area contributed by atoms with Gasteiger partial charge in [-0.15, -0.1) is 0 Å². The first kappa shape index (κ1) is 13.1. The lowest BCUT2D eigenvalue weighted by Gasteiger charge is -2.29. The SMILES string of the molecule is O=C1NC(c2ccc(Cl)cc2)=C2c3ccccc3C=C[NH+]2N1. The van der Waals surface area contributed by atoms with Crippen molar-refractivity contribution in [2.45, 2.75) is 0 Å². The van der Waals surface area contributed by atoms with Gasteiger partial charge in [-0.25, -0.2) is 4.79 Å². The molecule has 2 aromatic carbocycles. The molecule has 2 aliphatic rings. The van der Waals surface area contributed by atoms with Gasteiger partial charge in [0.2, 0.25) is 0 Å². The van der Waals surface area contributed by atoms with Crippen molar-refractivity contribution in [2.75, 3.05) is 0 Å². The van der Waals surface area contributed by atoms with Gasteiger partial charge in [0, 0.05) is 22.2 Å². The zero-order valence-electron chi connectivity index (χ0n) is 11.6. The third-order valence-corrected chi connectivity index (χ3v) is 4.05. The Morgan fingerprint density at radius 1 is 1.00 bits per heavy atom. The molecular weight excluding hydrogens is 298 g/mol. The predicted molar refractivity (Wildman–Crippen MR) is 86.4 cm³/mol. The molecule has 0 saturated heterocycles. The predicted octanol–water partition coefficient (Wildman–Crippen LogP) is 2.26. The average molecular weight is 311 g/mol. The summed E-state index contributed by atoms with van der Waals surface area (Å²) in [5.41, 5.74) is 7.82. The Balaban J connectivity index is 1.96. The number of hydrogen-bond donors (Lipinski definition) is 3. The lowest BCUT2D eigenvalue weighted by atomic mass is 9.97. The number of carbonyl (C=O) groups is 1. The molecule has 1 atom stereocenters. The lowest BCUT2D eigenvalue weighted by molar-refractivity contribution is -0.809. The van der Waals surface area contributed by atoms with Gasteiger partial charge in [-0.3, -0.25) is 5.32 Å². The van der Waals surface area contributed by atoms with Crippen molar-refractivity contribution in [3.8, 4) is 0 Å². The van der Waals surface area contributed by atoms with Gasteiger partial charge in [-0.1, -0.05) is 41.9 Å². The Bertz CT molecular complexity index is 824. The van der Waals surface area contributed by atoms with Crippen LogP contribution in [0.3, 0.4) is 0 Å². The number of urea groups is 1. The molecule has 5 heteroatoms. The van der Waals surface area contributed by atoms with Crippen LogP contribution in [0, 0.1) is 0 Å². The summed E-state index contributed by atoms with van der Waals surface area (Å²) < 4.78 is 0. The van der Waals surface area contributed by atoms with Crippen LogP contribution in [0.4, 0.5) is 4.79 Å². The highest BCUT2D eigenvalue weighted by Gasteiger charge is 2.33. The molecule has 0 aliphatic carbocycles. The second-order valence-corrected chi connectivity index (χ2v) is 5.61. The number of fused-ring (bicyclic) bond motifs is 3. The van der Waals surface area contributed by atoms with E-state index < -0.39 is 0 Å². The zero-order valence-corrected chi connectivity index (χ0v) is 12.3. The van der Waals surface area contributed by atoms with E-state index in [-0.39, 0.29) is 6.03 Å². The summed E-state index contributed by atoms with van der Waals surface area (Å²) in [6, 6.07) is 15.4. The number of amides is 2. The van der Waals surface area contributed by atoms with E-state index in [1.807, 2.05) is 48.7 Å². The molecule has 0 saturated carbocycles. The minimum atomic E-state index is -0.229. The fourth-order valence-electron chi connectivity index (χ4n) is 2.81. The van der Waals surface area contributed by atoms with Gasteiger partial charge >= 0.3 is 6.03 Å². The summed E-state index contributed by atoms with van der Waals surface area (Å²) in [6.45, 7) is 0. The maximum atomic E-state index is 11.9. The molecular formula is C17H13ClN3O+. The maximum absolute atomic E-state index is 11.9. The van der Waals surface area contributed by atoms with Crippen LogP contribution in [-0.2, 0) is 0 Å². The van der Waals surface area contributed by atoms with Crippen LogP contribution in [0.25, 0.3) is 17.5 Å². The number of hydrogen-bond acceptors (Lipinski definition) is 1. The molecule has 0 bridgehead atoms. The Morgan fingerprint density at radius 3 is 2.59 bits per heavy atom. The van der Waals surface area contributed by atoms with Crippen molar-refractivity contribution in [1.29, 1.82) is 0 Å². The number of rotatable bonds is 1. The summed E-state index contributed by atoms with van der Waals surface area (Å²) in [5, 5.41) is 4.41. The highest BCUT2D eigenvalue weighted by molar-refractivity contribution is 6.30. The van der Waals surface area contributed by atoms with E-state index in [4.69, 9.17) is 11.6 Å². The van der Waals surface area contributed by atoms with Crippen LogP contribution in [0.5, 0.6) is 0 Å². The minimum absolute atomic E-state index is 0.229. The fraction of sp³-hybridized carbons (Fsp3) is 0. The van der Waals surface area contributed by atoms with Gasteiger partial charge in [0.1, 0.15) is 11.9 Å². The summed E-state index contributed by atoms with van der Waals surface area (Å²) >= 11 is 5.97. The molecule has 2 aliphatic heterocycles. The van der Waals surface area contributed by atoms with E-state index >= 15 is 0 Å². The van der Waals surface area contributed by atoms with Gasteiger partial charge < -0.3 is 0 Å². The molecule has 108 valence electrons. The molecule has 2 aromatic rings. The Hall–Kier alpha value is -2.56. The second-order valence-electron chi connectivity index (χ2n) is 5.17. The molecule has 1 unspecified atom stereocenters.